The standard InChI is InChI=1S/C22H24N4O3/c1-14-8-15(2)10-17(9-14)21(28)25-7-3-4-16(12-25)22(29)26-13-20(27)24-18-11-23-6-5-19(18)26/h5-6,8-11,16H,3-4,7,12-13H2,1-2H3,(H,24,27). The van der Waals surface area contributed by atoms with E-state index in [0.29, 0.717) is 36.4 Å². The molecule has 2 aliphatic heterocycles. The van der Waals surface area contributed by atoms with E-state index in [1.807, 2.05) is 32.0 Å². The molecule has 1 N–H and O–H groups in total. The Morgan fingerprint density at radius 1 is 1.17 bits per heavy atom. The minimum Gasteiger partial charge on any atom is -0.338 e. The second-order valence-corrected chi connectivity index (χ2v) is 7.83. The van der Waals surface area contributed by atoms with Crippen LogP contribution in [-0.2, 0) is 9.59 Å². The first-order valence-electron chi connectivity index (χ1n) is 9.85. The minimum absolute atomic E-state index is 0.0165. The van der Waals surface area contributed by atoms with Crippen molar-refractivity contribution in [2.24, 2.45) is 5.92 Å². The van der Waals surface area contributed by atoms with Gasteiger partial charge in [0.05, 0.1) is 23.5 Å². The first-order valence-corrected chi connectivity index (χ1v) is 9.85. The highest BCUT2D eigenvalue weighted by Crippen LogP contribution is 2.31. The zero-order valence-electron chi connectivity index (χ0n) is 16.6. The Bertz CT molecular complexity index is 968. The fourth-order valence-electron chi connectivity index (χ4n) is 4.20. The normalized spacial score (nSPS) is 18.8. The number of anilines is 2. The quantitative estimate of drug-likeness (QED) is 0.851. The lowest BCUT2D eigenvalue weighted by molar-refractivity contribution is -0.125. The Labute approximate surface area is 169 Å². The van der Waals surface area contributed by atoms with Crippen molar-refractivity contribution >= 4 is 29.1 Å². The van der Waals surface area contributed by atoms with Gasteiger partial charge < -0.3 is 15.1 Å². The van der Waals surface area contributed by atoms with E-state index in [1.54, 1.807) is 23.4 Å². The molecule has 1 fully saturated rings. The Hall–Kier alpha value is -3.22. The molecule has 7 nitrogen and oxygen atoms in total. The summed E-state index contributed by atoms with van der Waals surface area (Å²) in [5, 5.41) is 2.75. The van der Waals surface area contributed by atoms with Gasteiger partial charge in [-0.05, 0) is 44.9 Å². The number of nitrogens with one attached hydrogen (secondary N) is 1. The SMILES string of the molecule is Cc1cc(C)cc(C(=O)N2CCCC(C(=O)N3CC(=O)Nc4cnccc43)C2)c1. The van der Waals surface area contributed by atoms with Gasteiger partial charge in [0.25, 0.3) is 5.91 Å². The number of rotatable bonds is 2. The number of benzene rings is 1. The van der Waals surface area contributed by atoms with Gasteiger partial charge in [-0.2, -0.15) is 0 Å². The average Bonchev–Trinajstić information content (AvgIpc) is 2.71. The van der Waals surface area contributed by atoms with Crippen molar-refractivity contribution in [1.82, 2.24) is 9.88 Å². The highest BCUT2D eigenvalue weighted by molar-refractivity contribution is 6.10. The van der Waals surface area contributed by atoms with E-state index < -0.39 is 0 Å². The van der Waals surface area contributed by atoms with Crippen molar-refractivity contribution < 1.29 is 14.4 Å². The molecule has 7 heteroatoms. The molecule has 4 rings (SSSR count). The zero-order chi connectivity index (χ0) is 20.5. The molecule has 0 bridgehead atoms. The summed E-state index contributed by atoms with van der Waals surface area (Å²) in [6.07, 6.45) is 4.61. The van der Waals surface area contributed by atoms with Crippen molar-refractivity contribution in [3.63, 3.8) is 0 Å². The number of pyridine rings is 1. The molecule has 3 amide bonds. The van der Waals surface area contributed by atoms with Gasteiger partial charge in [-0.3, -0.25) is 19.4 Å². The number of aromatic nitrogens is 1. The first kappa shape index (κ1) is 19.1. The van der Waals surface area contributed by atoms with Gasteiger partial charge in [-0.15, -0.1) is 0 Å². The van der Waals surface area contributed by atoms with Crippen LogP contribution < -0.4 is 10.2 Å². The molecule has 0 aliphatic carbocycles. The fourth-order valence-corrected chi connectivity index (χ4v) is 4.20. The van der Waals surface area contributed by atoms with Gasteiger partial charge in [0.2, 0.25) is 11.8 Å². The van der Waals surface area contributed by atoms with Crippen LogP contribution in [0.3, 0.4) is 0 Å². The molecular formula is C22H24N4O3. The second kappa shape index (κ2) is 7.66. The summed E-state index contributed by atoms with van der Waals surface area (Å²) in [5.41, 5.74) is 3.94. The van der Waals surface area contributed by atoms with Gasteiger partial charge >= 0.3 is 0 Å². The van der Waals surface area contributed by atoms with Crippen LogP contribution in [0.15, 0.2) is 36.7 Å². The Balaban J connectivity index is 1.53. The van der Waals surface area contributed by atoms with Crippen LogP contribution in [0, 0.1) is 19.8 Å². The van der Waals surface area contributed by atoms with E-state index in [-0.39, 0.29) is 30.2 Å². The van der Waals surface area contributed by atoms with Crippen molar-refractivity contribution in [2.45, 2.75) is 26.7 Å². The van der Waals surface area contributed by atoms with Crippen molar-refractivity contribution in [1.29, 1.82) is 0 Å². The first-order chi connectivity index (χ1) is 13.9. The van der Waals surface area contributed by atoms with E-state index in [1.165, 1.54) is 4.90 Å². The maximum atomic E-state index is 13.3. The molecule has 3 heterocycles. The number of fused-ring (bicyclic) bond motifs is 1. The van der Waals surface area contributed by atoms with Crippen LogP contribution in [0.1, 0.15) is 34.3 Å². The lowest BCUT2D eigenvalue weighted by Gasteiger charge is -2.36. The third-order valence-corrected chi connectivity index (χ3v) is 5.46. The van der Waals surface area contributed by atoms with Gasteiger partial charge in [-0.1, -0.05) is 17.2 Å². The maximum Gasteiger partial charge on any atom is 0.253 e. The third-order valence-electron chi connectivity index (χ3n) is 5.46. The van der Waals surface area contributed by atoms with Crippen molar-refractivity contribution in [2.75, 3.05) is 29.9 Å². The molecule has 0 spiro atoms. The number of aryl methyl sites for hydroxylation is 2. The summed E-state index contributed by atoms with van der Waals surface area (Å²) in [6.45, 7) is 4.93. The summed E-state index contributed by atoms with van der Waals surface area (Å²) in [7, 11) is 0. The van der Waals surface area contributed by atoms with E-state index >= 15 is 0 Å². The molecule has 2 aliphatic rings. The number of amides is 3. The van der Waals surface area contributed by atoms with E-state index in [9.17, 15) is 14.4 Å². The van der Waals surface area contributed by atoms with Crippen LogP contribution in [-0.4, -0.2) is 47.2 Å². The summed E-state index contributed by atoms with van der Waals surface area (Å²) >= 11 is 0. The van der Waals surface area contributed by atoms with Crippen molar-refractivity contribution in [3.8, 4) is 0 Å². The molecule has 1 unspecified atom stereocenters. The molecule has 150 valence electrons. The van der Waals surface area contributed by atoms with E-state index in [0.717, 1.165) is 17.5 Å². The number of hydrogen-bond acceptors (Lipinski definition) is 4. The number of likely N-dealkylation sites (tertiary alicyclic amines) is 1. The average molecular weight is 392 g/mol. The molecule has 29 heavy (non-hydrogen) atoms. The third kappa shape index (κ3) is 3.85. The lowest BCUT2D eigenvalue weighted by Crippen LogP contribution is -2.50. The predicted octanol–water partition coefficient (Wildman–Crippen LogP) is 2.54. The Morgan fingerprint density at radius 2 is 1.93 bits per heavy atom. The van der Waals surface area contributed by atoms with Gasteiger partial charge in [0.15, 0.2) is 0 Å². The highest BCUT2D eigenvalue weighted by Gasteiger charge is 2.35. The Kier molecular flexibility index (Phi) is 5.05. The molecule has 1 aromatic carbocycles. The highest BCUT2D eigenvalue weighted by atomic mass is 16.2. The monoisotopic (exact) mass is 392 g/mol. The number of hydrogen-bond donors (Lipinski definition) is 1. The zero-order valence-corrected chi connectivity index (χ0v) is 16.6. The topological polar surface area (TPSA) is 82.6 Å². The van der Waals surface area contributed by atoms with Crippen molar-refractivity contribution in [3.05, 3.63) is 53.3 Å². The van der Waals surface area contributed by atoms with Gasteiger partial charge in [-0.25, -0.2) is 0 Å². The molecule has 1 aromatic heterocycles. The number of piperidine rings is 1. The number of carbonyl (C=O) groups excluding carboxylic acids is 3. The summed E-state index contributed by atoms with van der Waals surface area (Å²) in [6, 6.07) is 7.54. The van der Waals surface area contributed by atoms with Crippen LogP contribution >= 0.6 is 0 Å². The minimum atomic E-state index is -0.328. The van der Waals surface area contributed by atoms with Gasteiger partial charge in [0.1, 0.15) is 6.54 Å². The largest absolute Gasteiger partial charge is 0.338 e. The lowest BCUT2D eigenvalue weighted by atomic mass is 9.95. The molecular weight excluding hydrogens is 368 g/mol. The van der Waals surface area contributed by atoms with Crippen LogP contribution in [0.25, 0.3) is 0 Å². The van der Waals surface area contributed by atoms with Crippen LogP contribution in [0.2, 0.25) is 0 Å². The second-order valence-electron chi connectivity index (χ2n) is 7.83. The molecule has 2 aromatic rings. The number of nitrogens with zero attached hydrogens (tertiary/aromatic N) is 3. The molecule has 1 atom stereocenters. The molecule has 0 saturated carbocycles. The Morgan fingerprint density at radius 3 is 2.69 bits per heavy atom. The number of carbonyl (C=O) groups is 3. The predicted molar refractivity (Wildman–Crippen MR) is 110 cm³/mol. The van der Waals surface area contributed by atoms with Crippen LogP contribution in [0.5, 0.6) is 0 Å². The summed E-state index contributed by atoms with van der Waals surface area (Å²) in [5.74, 6) is -0.733. The molecule has 0 radical (unpaired) electrons. The smallest absolute Gasteiger partial charge is 0.253 e. The van der Waals surface area contributed by atoms with E-state index in [2.05, 4.69) is 10.3 Å². The summed E-state index contributed by atoms with van der Waals surface area (Å²) in [4.78, 5) is 45.6. The summed E-state index contributed by atoms with van der Waals surface area (Å²) < 4.78 is 0. The van der Waals surface area contributed by atoms with Crippen LogP contribution in [0.4, 0.5) is 11.4 Å². The maximum absolute atomic E-state index is 13.3. The van der Waals surface area contributed by atoms with E-state index in [4.69, 9.17) is 0 Å². The fraction of sp³-hybridized carbons (Fsp3) is 0.364. The molecule has 1 saturated heterocycles. The van der Waals surface area contributed by atoms with Gasteiger partial charge in [0, 0.05) is 24.8 Å².